The summed E-state index contributed by atoms with van der Waals surface area (Å²) in [6, 6.07) is 6.12. The summed E-state index contributed by atoms with van der Waals surface area (Å²) < 4.78 is 2.07. The molecule has 1 amide bonds. The fourth-order valence-corrected chi connectivity index (χ4v) is 5.94. The molecule has 0 radical (unpaired) electrons. The lowest BCUT2D eigenvalue weighted by atomic mass is 9.96. The van der Waals surface area contributed by atoms with Gasteiger partial charge in [0.05, 0.1) is 11.3 Å². The molecule has 0 aromatic carbocycles. The normalized spacial score (nSPS) is 12.2. The predicted octanol–water partition coefficient (Wildman–Crippen LogP) is 2.99. The first-order valence-corrected chi connectivity index (χ1v) is 13.9. The Morgan fingerprint density at radius 2 is 1.85 bits per heavy atom. The average Bonchev–Trinajstić information content (AvgIpc) is 3.48. The number of anilines is 1. The van der Waals surface area contributed by atoms with Crippen molar-refractivity contribution in [1.82, 2.24) is 24.6 Å². The molecular weight excluding hydrogens is 542 g/mol. The number of thiophene rings is 1. The molecule has 3 heterocycles. The molecule has 3 aromatic rings. The summed E-state index contributed by atoms with van der Waals surface area (Å²) in [6.45, 7) is 1.70. The maximum absolute atomic E-state index is 12.8. The molecule has 1 aliphatic carbocycles. The molecule has 0 fully saturated rings. The van der Waals surface area contributed by atoms with Crippen LogP contribution >= 0.6 is 23.1 Å². The molecule has 206 valence electrons. The van der Waals surface area contributed by atoms with Gasteiger partial charge in [0, 0.05) is 29.4 Å². The number of hydrogen-bond acceptors (Lipinski definition) is 10. The number of fused-ring (bicyclic) bond motifs is 1. The highest BCUT2D eigenvalue weighted by molar-refractivity contribution is 7.99. The average molecular weight is 572 g/mol. The maximum atomic E-state index is 12.8. The summed E-state index contributed by atoms with van der Waals surface area (Å²) >= 11 is 2.91. The summed E-state index contributed by atoms with van der Waals surface area (Å²) in [5.41, 5.74) is 2.71. The number of carbonyl (C=O) groups excluding carboxylic acids is 1. The van der Waals surface area contributed by atoms with Gasteiger partial charge in [-0.25, -0.2) is 9.59 Å². The van der Waals surface area contributed by atoms with Gasteiger partial charge in [0.1, 0.15) is 11.1 Å². The molecule has 0 atom stereocenters. The lowest BCUT2D eigenvalue weighted by Crippen LogP contribution is -2.17. The van der Waals surface area contributed by atoms with E-state index in [0.717, 1.165) is 62.1 Å². The number of amides is 1. The second-order valence-corrected chi connectivity index (χ2v) is 10.9. The van der Waals surface area contributed by atoms with Crippen LogP contribution in [0.15, 0.2) is 29.7 Å². The molecule has 0 spiro atoms. The van der Waals surface area contributed by atoms with Crippen molar-refractivity contribution in [2.75, 3.05) is 31.7 Å². The van der Waals surface area contributed by atoms with Gasteiger partial charge in [0.2, 0.25) is 5.91 Å². The number of pyridine rings is 1. The van der Waals surface area contributed by atoms with Crippen molar-refractivity contribution < 1.29 is 24.6 Å². The molecule has 0 saturated heterocycles. The minimum absolute atomic E-state index is 0.136. The van der Waals surface area contributed by atoms with Crippen LogP contribution in [-0.4, -0.2) is 79.1 Å². The van der Waals surface area contributed by atoms with Crippen LogP contribution in [-0.2, 0) is 33.8 Å². The minimum atomic E-state index is -1.82. The van der Waals surface area contributed by atoms with E-state index in [1.54, 1.807) is 23.7 Å². The summed E-state index contributed by atoms with van der Waals surface area (Å²) in [7, 11) is 4.10. The number of thioether (sulfide) groups is 1. The van der Waals surface area contributed by atoms with E-state index in [1.165, 1.54) is 16.6 Å². The second-order valence-electron chi connectivity index (χ2n) is 8.82. The largest absolute Gasteiger partial charge is 0.473 e. The van der Waals surface area contributed by atoms with E-state index >= 15 is 0 Å². The van der Waals surface area contributed by atoms with Gasteiger partial charge >= 0.3 is 11.9 Å². The van der Waals surface area contributed by atoms with Gasteiger partial charge in [-0.1, -0.05) is 11.8 Å². The highest BCUT2D eigenvalue weighted by Gasteiger charge is 2.22. The number of aromatic nitrogens is 4. The third-order valence-corrected chi connectivity index (χ3v) is 7.87. The van der Waals surface area contributed by atoms with E-state index in [0.29, 0.717) is 15.7 Å². The predicted molar refractivity (Wildman–Crippen MR) is 147 cm³/mol. The Labute approximate surface area is 233 Å². The third-order valence-electron chi connectivity index (χ3n) is 5.69. The van der Waals surface area contributed by atoms with E-state index < -0.39 is 11.9 Å². The van der Waals surface area contributed by atoms with E-state index in [9.17, 15) is 10.1 Å². The van der Waals surface area contributed by atoms with E-state index in [2.05, 4.69) is 36.0 Å². The quantitative estimate of drug-likeness (QED) is 0.254. The van der Waals surface area contributed by atoms with E-state index in [4.69, 9.17) is 19.8 Å². The first-order valence-electron chi connectivity index (χ1n) is 12.1. The zero-order valence-electron chi connectivity index (χ0n) is 21.6. The smallest absolute Gasteiger partial charge is 0.414 e. The van der Waals surface area contributed by atoms with Crippen molar-refractivity contribution >= 4 is 45.9 Å². The third kappa shape index (κ3) is 8.34. The number of carboxylic acid groups (broad SMARTS) is 2. The first kappa shape index (κ1) is 29.8. The SMILES string of the molecule is CN(C)CCCn1c(SCC(=O)Nc2sc3c(c2C#N)CCCC3)nnc1-c1ccncc1.O=C(O)C(=O)O. The number of rotatable bonds is 9. The Morgan fingerprint density at radius 3 is 2.49 bits per heavy atom. The number of carbonyl (C=O) groups is 3. The molecule has 3 N–H and O–H groups in total. The Kier molecular flexibility index (Phi) is 11.0. The van der Waals surface area contributed by atoms with Crippen LogP contribution in [0.1, 0.15) is 35.3 Å². The Hall–Kier alpha value is -3.80. The van der Waals surface area contributed by atoms with Gasteiger partial charge in [-0.05, 0) is 70.4 Å². The Bertz CT molecular complexity index is 1340. The van der Waals surface area contributed by atoms with Crippen LogP contribution in [0.25, 0.3) is 11.4 Å². The number of hydrogen-bond donors (Lipinski definition) is 3. The number of nitrogens with one attached hydrogen (secondary N) is 1. The maximum Gasteiger partial charge on any atom is 0.414 e. The van der Waals surface area contributed by atoms with Gasteiger partial charge in [-0.3, -0.25) is 9.78 Å². The van der Waals surface area contributed by atoms with E-state index in [-0.39, 0.29) is 11.7 Å². The number of carboxylic acids is 2. The molecule has 0 bridgehead atoms. The van der Waals surface area contributed by atoms with Gasteiger partial charge in [-0.2, -0.15) is 5.26 Å². The standard InChI is InChI=1S/C23H27N7OS2.C2H2O4/c1-29(2)12-5-13-30-21(16-8-10-25-11-9-16)27-28-23(30)32-15-20(31)26-22-18(14-24)17-6-3-4-7-19(17)33-22;3-1(4)2(5)6/h8-11H,3-7,12-13,15H2,1-2H3,(H,26,31);(H,3,4)(H,5,6). The monoisotopic (exact) mass is 571 g/mol. The molecule has 1 aliphatic rings. The molecule has 4 rings (SSSR count). The van der Waals surface area contributed by atoms with Crippen molar-refractivity contribution in [2.24, 2.45) is 0 Å². The van der Waals surface area contributed by atoms with Crippen LogP contribution < -0.4 is 5.32 Å². The van der Waals surface area contributed by atoms with Crippen LogP contribution in [0.4, 0.5) is 5.00 Å². The van der Waals surface area contributed by atoms with Crippen LogP contribution in [0, 0.1) is 11.3 Å². The molecule has 3 aromatic heterocycles. The molecular formula is C25H29N7O5S2. The Morgan fingerprint density at radius 1 is 1.15 bits per heavy atom. The van der Waals surface area contributed by atoms with Crippen molar-refractivity contribution in [3.8, 4) is 17.5 Å². The van der Waals surface area contributed by atoms with Crippen LogP contribution in [0.2, 0.25) is 0 Å². The van der Waals surface area contributed by atoms with Crippen molar-refractivity contribution in [3.63, 3.8) is 0 Å². The Balaban J connectivity index is 0.000000631. The van der Waals surface area contributed by atoms with Crippen molar-refractivity contribution in [1.29, 1.82) is 5.26 Å². The number of nitriles is 1. The summed E-state index contributed by atoms with van der Waals surface area (Å²) in [4.78, 5) is 38.4. The topological polar surface area (TPSA) is 174 Å². The van der Waals surface area contributed by atoms with Gasteiger partial charge in [0.25, 0.3) is 0 Å². The van der Waals surface area contributed by atoms with Crippen molar-refractivity contribution in [2.45, 2.75) is 43.8 Å². The van der Waals surface area contributed by atoms with E-state index in [1.807, 2.05) is 26.2 Å². The summed E-state index contributed by atoms with van der Waals surface area (Å²) in [6.07, 6.45) is 8.58. The van der Waals surface area contributed by atoms with Crippen LogP contribution in [0.5, 0.6) is 0 Å². The number of aryl methyl sites for hydroxylation is 1. The lowest BCUT2D eigenvalue weighted by molar-refractivity contribution is -0.159. The minimum Gasteiger partial charge on any atom is -0.473 e. The first-order chi connectivity index (χ1) is 18.7. The molecule has 0 unspecified atom stereocenters. The second kappa shape index (κ2) is 14.4. The molecule has 0 aliphatic heterocycles. The number of nitrogens with zero attached hydrogens (tertiary/aromatic N) is 6. The summed E-state index contributed by atoms with van der Waals surface area (Å²) in [5, 5.41) is 37.5. The summed E-state index contributed by atoms with van der Waals surface area (Å²) in [5.74, 6) is -2.81. The molecule has 0 saturated carbocycles. The highest BCUT2D eigenvalue weighted by atomic mass is 32.2. The van der Waals surface area contributed by atoms with Crippen LogP contribution in [0.3, 0.4) is 0 Å². The zero-order chi connectivity index (χ0) is 28.4. The molecule has 14 heteroatoms. The van der Waals surface area contributed by atoms with Crippen molar-refractivity contribution in [3.05, 3.63) is 40.5 Å². The van der Waals surface area contributed by atoms with Gasteiger partial charge in [-0.15, -0.1) is 21.5 Å². The molecule has 12 nitrogen and oxygen atoms in total. The van der Waals surface area contributed by atoms with Gasteiger partial charge in [0.15, 0.2) is 11.0 Å². The fraction of sp³-hybridized carbons (Fsp3) is 0.400. The lowest BCUT2D eigenvalue weighted by Gasteiger charge is -2.13. The number of aliphatic carboxylic acids is 2. The highest BCUT2D eigenvalue weighted by Crippen LogP contribution is 2.37. The zero-order valence-corrected chi connectivity index (χ0v) is 23.2. The molecule has 39 heavy (non-hydrogen) atoms. The fourth-order valence-electron chi connectivity index (χ4n) is 3.92. The van der Waals surface area contributed by atoms with Gasteiger partial charge < -0.3 is 25.0 Å².